The van der Waals surface area contributed by atoms with E-state index >= 15 is 0 Å². The molecule has 342 valence electrons. The summed E-state index contributed by atoms with van der Waals surface area (Å²) in [5.41, 5.74) is 0. The topological polar surface area (TPSA) is 149 Å². The number of ether oxygens (including phenoxy) is 2. The fourth-order valence-corrected chi connectivity index (χ4v) is 7.46. The van der Waals surface area contributed by atoms with Crippen LogP contribution in [0.4, 0.5) is 0 Å². The van der Waals surface area contributed by atoms with Gasteiger partial charge in [-0.25, -0.2) is 4.57 Å². The summed E-state index contributed by atoms with van der Waals surface area (Å²) in [5.74, 6) is -0.952. The SMILES string of the molecule is CCCCCCCC/C=C/C/C=C/CCCCC(=O)O[C@H](COC(=O)CCCCCCCCCCCCCCCCCCCCCC)COP(=O)(O)OC[C@H](O)CO. The molecule has 0 aromatic rings. The van der Waals surface area contributed by atoms with Gasteiger partial charge in [0.25, 0.3) is 0 Å². The average Bonchev–Trinajstić information content (AvgIpc) is 3.21. The van der Waals surface area contributed by atoms with Crippen LogP contribution in [0.5, 0.6) is 0 Å². The van der Waals surface area contributed by atoms with E-state index in [4.69, 9.17) is 23.6 Å². The second-order valence-corrected chi connectivity index (χ2v) is 17.6. The van der Waals surface area contributed by atoms with Crippen molar-refractivity contribution in [3.63, 3.8) is 0 Å². The highest BCUT2D eigenvalue weighted by Gasteiger charge is 2.27. The lowest BCUT2D eigenvalue weighted by atomic mass is 10.0. The van der Waals surface area contributed by atoms with E-state index < -0.39 is 51.8 Å². The number of phosphoric acid groups is 1. The van der Waals surface area contributed by atoms with Crippen LogP contribution in [0, 0.1) is 0 Å². The molecule has 0 saturated heterocycles. The van der Waals surface area contributed by atoms with Gasteiger partial charge in [0, 0.05) is 12.8 Å². The molecule has 10 nitrogen and oxygen atoms in total. The van der Waals surface area contributed by atoms with Gasteiger partial charge in [0.1, 0.15) is 12.7 Å². The predicted molar refractivity (Wildman–Crippen MR) is 238 cm³/mol. The first kappa shape index (κ1) is 56.5. The molecule has 0 rings (SSSR count). The number of esters is 2. The number of phosphoric ester groups is 1. The van der Waals surface area contributed by atoms with E-state index in [0.717, 1.165) is 44.9 Å². The summed E-state index contributed by atoms with van der Waals surface area (Å²) in [4.78, 5) is 35.0. The Kier molecular flexibility index (Phi) is 42.4. The van der Waals surface area contributed by atoms with Gasteiger partial charge in [-0.05, 0) is 44.9 Å². The van der Waals surface area contributed by atoms with Crippen LogP contribution in [0.3, 0.4) is 0 Å². The minimum absolute atomic E-state index is 0.145. The Morgan fingerprint density at radius 2 is 0.897 bits per heavy atom. The highest BCUT2D eigenvalue weighted by molar-refractivity contribution is 7.47. The molecule has 0 aromatic carbocycles. The Morgan fingerprint density at radius 3 is 1.36 bits per heavy atom. The van der Waals surface area contributed by atoms with E-state index in [0.29, 0.717) is 12.8 Å². The summed E-state index contributed by atoms with van der Waals surface area (Å²) in [7, 11) is -4.62. The third-order valence-corrected chi connectivity index (χ3v) is 11.3. The van der Waals surface area contributed by atoms with Crippen LogP contribution in [-0.4, -0.2) is 65.7 Å². The molecule has 0 aliphatic heterocycles. The maximum absolute atomic E-state index is 12.6. The molecule has 0 heterocycles. The van der Waals surface area contributed by atoms with Crippen molar-refractivity contribution in [1.82, 2.24) is 0 Å². The Hall–Kier alpha value is -1.55. The van der Waals surface area contributed by atoms with E-state index in [1.807, 2.05) is 0 Å². The van der Waals surface area contributed by atoms with E-state index in [9.17, 15) is 24.2 Å². The molecule has 3 atom stereocenters. The molecule has 3 N–H and O–H groups in total. The standard InChI is InChI=1S/C47H89O10P/c1-3-5-7-9-11-13-15-17-19-20-21-22-23-25-26-28-30-32-34-36-38-46(50)54-42-45(43-56-58(52,53)55-41-44(49)40-48)57-47(51)39-37-35-33-31-29-27-24-18-16-14-12-10-8-6-4-2/h18,24,29,31,44-45,48-49H,3-17,19-23,25-28,30,32-43H2,1-2H3,(H,52,53)/b24-18+,31-29+/t44-,45-/m1/s1. The van der Waals surface area contributed by atoms with Crippen molar-refractivity contribution in [3.05, 3.63) is 24.3 Å². The van der Waals surface area contributed by atoms with Gasteiger partial charge in [0.05, 0.1) is 19.8 Å². The monoisotopic (exact) mass is 845 g/mol. The number of carbonyl (C=O) groups excluding carboxylic acids is 2. The first-order valence-corrected chi connectivity index (χ1v) is 25.3. The zero-order valence-corrected chi connectivity index (χ0v) is 38.2. The van der Waals surface area contributed by atoms with Gasteiger partial charge in [-0.1, -0.05) is 192 Å². The van der Waals surface area contributed by atoms with Crippen LogP contribution in [0.2, 0.25) is 0 Å². The van der Waals surface area contributed by atoms with Gasteiger partial charge in [-0.3, -0.25) is 18.6 Å². The predicted octanol–water partition coefficient (Wildman–Crippen LogP) is 13.0. The second kappa shape index (κ2) is 43.5. The van der Waals surface area contributed by atoms with Crippen LogP contribution < -0.4 is 0 Å². The highest BCUT2D eigenvalue weighted by atomic mass is 31.2. The van der Waals surface area contributed by atoms with Gasteiger partial charge in [-0.2, -0.15) is 0 Å². The van der Waals surface area contributed by atoms with Crippen molar-refractivity contribution >= 4 is 19.8 Å². The maximum Gasteiger partial charge on any atom is 0.472 e. The van der Waals surface area contributed by atoms with Crippen molar-refractivity contribution in [2.24, 2.45) is 0 Å². The normalized spacial score (nSPS) is 13.9. The number of aliphatic hydroxyl groups is 2. The summed E-state index contributed by atoms with van der Waals surface area (Å²) in [6, 6.07) is 0. The second-order valence-electron chi connectivity index (χ2n) is 16.1. The Balaban J connectivity index is 4.22. The largest absolute Gasteiger partial charge is 0.472 e. The quantitative estimate of drug-likeness (QED) is 0.0234. The number of unbranched alkanes of at least 4 members (excludes halogenated alkanes) is 27. The zero-order valence-electron chi connectivity index (χ0n) is 37.3. The van der Waals surface area contributed by atoms with Crippen molar-refractivity contribution < 1.29 is 47.8 Å². The first-order chi connectivity index (χ1) is 28.2. The summed E-state index contributed by atoms with van der Waals surface area (Å²) in [6.45, 7) is 2.37. The Labute approximate surface area is 355 Å². The Morgan fingerprint density at radius 1 is 0.517 bits per heavy atom. The van der Waals surface area contributed by atoms with E-state index in [2.05, 4.69) is 38.2 Å². The number of allylic oxidation sites excluding steroid dienone is 4. The van der Waals surface area contributed by atoms with Gasteiger partial charge in [0.2, 0.25) is 0 Å². The first-order valence-electron chi connectivity index (χ1n) is 23.8. The molecule has 1 unspecified atom stereocenters. The minimum atomic E-state index is -4.62. The van der Waals surface area contributed by atoms with Crippen LogP contribution in [0.15, 0.2) is 24.3 Å². The van der Waals surface area contributed by atoms with Crippen molar-refractivity contribution in [3.8, 4) is 0 Å². The molecule has 0 aliphatic rings. The third kappa shape index (κ3) is 42.6. The maximum atomic E-state index is 12.6. The fraction of sp³-hybridized carbons (Fsp3) is 0.872. The van der Waals surface area contributed by atoms with Crippen molar-refractivity contribution in [2.75, 3.05) is 26.4 Å². The molecule has 0 aromatic heterocycles. The zero-order chi connectivity index (χ0) is 42.6. The van der Waals surface area contributed by atoms with Crippen LogP contribution >= 0.6 is 7.82 Å². The number of carbonyl (C=O) groups is 2. The summed E-state index contributed by atoms with van der Waals surface area (Å²) < 4.78 is 32.7. The van der Waals surface area contributed by atoms with Crippen LogP contribution in [0.25, 0.3) is 0 Å². The third-order valence-electron chi connectivity index (χ3n) is 10.4. The van der Waals surface area contributed by atoms with Gasteiger partial charge in [0.15, 0.2) is 6.10 Å². The minimum Gasteiger partial charge on any atom is -0.462 e. The number of hydrogen-bond acceptors (Lipinski definition) is 9. The number of hydrogen-bond donors (Lipinski definition) is 3. The summed E-state index contributed by atoms with van der Waals surface area (Å²) in [6.07, 6.45) is 44.4. The lowest BCUT2D eigenvalue weighted by molar-refractivity contribution is -0.161. The smallest absolute Gasteiger partial charge is 0.462 e. The number of rotatable bonds is 45. The molecule has 0 bridgehead atoms. The lowest BCUT2D eigenvalue weighted by Crippen LogP contribution is -2.29. The molecule has 0 amide bonds. The summed E-state index contributed by atoms with van der Waals surface area (Å²) in [5, 5.41) is 18.4. The molecule has 0 saturated carbocycles. The molecular weight excluding hydrogens is 755 g/mol. The van der Waals surface area contributed by atoms with Crippen LogP contribution in [0.1, 0.15) is 226 Å². The fourth-order valence-electron chi connectivity index (χ4n) is 6.67. The molecule has 0 spiro atoms. The highest BCUT2D eigenvalue weighted by Crippen LogP contribution is 2.43. The number of aliphatic hydroxyl groups excluding tert-OH is 2. The van der Waals surface area contributed by atoms with Gasteiger partial charge >= 0.3 is 19.8 Å². The van der Waals surface area contributed by atoms with E-state index in [-0.39, 0.29) is 19.4 Å². The molecule has 0 fully saturated rings. The molecular formula is C47H89O10P. The average molecular weight is 845 g/mol. The Bertz CT molecular complexity index is 1020. The molecule has 0 radical (unpaired) electrons. The molecule has 0 aliphatic carbocycles. The van der Waals surface area contributed by atoms with Gasteiger partial charge in [-0.15, -0.1) is 0 Å². The lowest BCUT2D eigenvalue weighted by Gasteiger charge is -2.20. The van der Waals surface area contributed by atoms with Gasteiger partial charge < -0.3 is 24.6 Å². The molecule has 58 heavy (non-hydrogen) atoms. The van der Waals surface area contributed by atoms with E-state index in [1.165, 1.54) is 141 Å². The van der Waals surface area contributed by atoms with E-state index in [1.54, 1.807) is 0 Å². The van der Waals surface area contributed by atoms with Crippen molar-refractivity contribution in [1.29, 1.82) is 0 Å². The van der Waals surface area contributed by atoms with Crippen molar-refractivity contribution in [2.45, 2.75) is 238 Å². The molecule has 11 heteroatoms. The van der Waals surface area contributed by atoms with Crippen LogP contribution in [-0.2, 0) is 32.7 Å². The summed E-state index contributed by atoms with van der Waals surface area (Å²) >= 11 is 0.